The average molecular weight is 425 g/mol. The van der Waals surface area contributed by atoms with Crippen molar-refractivity contribution in [3.8, 4) is 11.3 Å². The molecule has 0 bridgehead atoms. The van der Waals surface area contributed by atoms with Gasteiger partial charge in [0.05, 0.1) is 11.6 Å². The Labute approximate surface area is 164 Å². The number of nitrogens with zero attached hydrogens (tertiary/aromatic N) is 2. The number of anilines is 2. The third kappa shape index (κ3) is 3.78. The molecular formula is C20H17BrN4O2. The molecule has 2 aromatic carbocycles. The summed E-state index contributed by atoms with van der Waals surface area (Å²) in [7, 11) is 0. The first kappa shape index (κ1) is 17.5. The lowest BCUT2D eigenvalue weighted by atomic mass is 10.1. The molecule has 1 aliphatic rings. The Morgan fingerprint density at radius 3 is 2.81 bits per heavy atom. The van der Waals surface area contributed by atoms with Crippen molar-refractivity contribution >= 4 is 39.1 Å². The fourth-order valence-corrected chi connectivity index (χ4v) is 3.59. The van der Waals surface area contributed by atoms with E-state index in [0.717, 1.165) is 21.4 Å². The van der Waals surface area contributed by atoms with Gasteiger partial charge >= 0.3 is 0 Å². The fourth-order valence-electron chi connectivity index (χ4n) is 3.20. The molecule has 3 aromatic rings. The fraction of sp³-hybridized carbons (Fsp3) is 0.150. The molecule has 0 radical (unpaired) electrons. The van der Waals surface area contributed by atoms with Crippen LogP contribution in [0, 0.1) is 5.92 Å². The van der Waals surface area contributed by atoms with Gasteiger partial charge in [-0.15, -0.1) is 0 Å². The van der Waals surface area contributed by atoms with Crippen LogP contribution in [0.3, 0.4) is 0 Å². The summed E-state index contributed by atoms with van der Waals surface area (Å²) in [5, 5.41) is 9.78. The van der Waals surface area contributed by atoms with Crippen molar-refractivity contribution < 1.29 is 9.59 Å². The Hall–Kier alpha value is -2.93. The molecule has 0 spiro atoms. The number of aromatic amines is 1. The molecule has 1 aromatic heterocycles. The van der Waals surface area contributed by atoms with Crippen molar-refractivity contribution in [3.05, 3.63) is 65.3 Å². The molecule has 7 heteroatoms. The summed E-state index contributed by atoms with van der Waals surface area (Å²) < 4.78 is 0.899. The third-order valence-corrected chi connectivity index (χ3v) is 5.05. The van der Waals surface area contributed by atoms with E-state index in [9.17, 15) is 9.59 Å². The normalized spacial score (nSPS) is 16.6. The van der Waals surface area contributed by atoms with E-state index in [1.807, 2.05) is 54.6 Å². The van der Waals surface area contributed by atoms with Crippen LogP contribution in [0.15, 0.2) is 65.3 Å². The van der Waals surface area contributed by atoms with E-state index in [0.29, 0.717) is 12.2 Å². The summed E-state index contributed by atoms with van der Waals surface area (Å²) in [5.41, 5.74) is 3.30. The van der Waals surface area contributed by atoms with Crippen LogP contribution in [0.5, 0.6) is 0 Å². The van der Waals surface area contributed by atoms with Crippen molar-refractivity contribution in [3.63, 3.8) is 0 Å². The average Bonchev–Trinajstić information content (AvgIpc) is 3.32. The van der Waals surface area contributed by atoms with Crippen LogP contribution in [0.25, 0.3) is 11.3 Å². The molecule has 6 nitrogen and oxygen atoms in total. The summed E-state index contributed by atoms with van der Waals surface area (Å²) in [4.78, 5) is 26.7. The highest BCUT2D eigenvalue weighted by atomic mass is 79.9. The predicted molar refractivity (Wildman–Crippen MR) is 107 cm³/mol. The van der Waals surface area contributed by atoms with Gasteiger partial charge in [0.1, 0.15) is 0 Å². The monoisotopic (exact) mass is 424 g/mol. The van der Waals surface area contributed by atoms with Crippen LogP contribution in [-0.4, -0.2) is 28.6 Å². The zero-order valence-electron chi connectivity index (χ0n) is 14.4. The van der Waals surface area contributed by atoms with E-state index >= 15 is 0 Å². The Kier molecular flexibility index (Phi) is 4.77. The van der Waals surface area contributed by atoms with Gasteiger partial charge in [0.15, 0.2) is 0 Å². The maximum Gasteiger partial charge on any atom is 0.229 e. The van der Waals surface area contributed by atoms with Gasteiger partial charge in [0.2, 0.25) is 11.8 Å². The van der Waals surface area contributed by atoms with Crippen LogP contribution >= 0.6 is 15.9 Å². The second kappa shape index (κ2) is 7.36. The first-order valence-electron chi connectivity index (χ1n) is 8.57. The summed E-state index contributed by atoms with van der Waals surface area (Å²) in [5.74, 6) is -0.575. The quantitative estimate of drug-likeness (QED) is 0.667. The number of rotatable bonds is 4. The maximum absolute atomic E-state index is 12.7. The highest BCUT2D eigenvalue weighted by molar-refractivity contribution is 9.10. The van der Waals surface area contributed by atoms with E-state index in [2.05, 4.69) is 31.4 Å². The van der Waals surface area contributed by atoms with Gasteiger partial charge in [-0.1, -0.05) is 34.1 Å². The van der Waals surface area contributed by atoms with Gasteiger partial charge in [0, 0.05) is 40.6 Å². The van der Waals surface area contributed by atoms with E-state index in [1.54, 1.807) is 11.1 Å². The van der Waals surface area contributed by atoms with Gasteiger partial charge in [-0.25, -0.2) is 0 Å². The smallest absolute Gasteiger partial charge is 0.229 e. The number of hydrogen-bond acceptors (Lipinski definition) is 3. The molecule has 2 heterocycles. The minimum absolute atomic E-state index is 0.0422. The van der Waals surface area contributed by atoms with Crippen molar-refractivity contribution in [2.75, 3.05) is 16.8 Å². The lowest BCUT2D eigenvalue weighted by Crippen LogP contribution is -2.28. The van der Waals surface area contributed by atoms with Crippen LogP contribution in [0.4, 0.5) is 11.4 Å². The highest BCUT2D eigenvalue weighted by Gasteiger charge is 2.35. The molecule has 0 aliphatic carbocycles. The summed E-state index contributed by atoms with van der Waals surface area (Å²) in [6.07, 6.45) is 1.89. The van der Waals surface area contributed by atoms with Gasteiger partial charge < -0.3 is 10.2 Å². The Bertz CT molecular complexity index is 987. The number of carbonyl (C=O) groups is 2. The van der Waals surface area contributed by atoms with Crippen molar-refractivity contribution in [2.45, 2.75) is 6.42 Å². The Morgan fingerprint density at radius 2 is 2.04 bits per heavy atom. The van der Waals surface area contributed by atoms with Crippen LogP contribution < -0.4 is 10.2 Å². The van der Waals surface area contributed by atoms with Crippen molar-refractivity contribution in [1.29, 1.82) is 0 Å². The van der Waals surface area contributed by atoms with E-state index < -0.39 is 0 Å². The Morgan fingerprint density at radius 1 is 1.19 bits per heavy atom. The largest absolute Gasteiger partial charge is 0.326 e. The first-order valence-corrected chi connectivity index (χ1v) is 9.36. The minimum atomic E-state index is -0.382. The van der Waals surface area contributed by atoms with Crippen LogP contribution in [0.1, 0.15) is 6.42 Å². The molecule has 1 saturated heterocycles. The standard InChI is InChI=1S/C20H17BrN4O2/c21-15-4-2-6-17(11-15)25-12-14(10-19(25)26)20(27)23-16-5-1-3-13(9-16)18-7-8-22-24-18/h1-9,11,14H,10,12H2,(H,22,24)(H,23,27). The number of carbonyl (C=O) groups excluding carboxylic acids is 2. The highest BCUT2D eigenvalue weighted by Crippen LogP contribution is 2.28. The Balaban J connectivity index is 1.46. The second-order valence-corrected chi connectivity index (χ2v) is 7.34. The number of halogens is 1. The molecule has 1 unspecified atom stereocenters. The molecule has 1 atom stereocenters. The lowest BCUT2D eigenvalue weighted by Gasteiger charge is -2.17. The number of hydrogen-bond donors (Lipinski definition) is 2. The molecule has 4 rings (SSSR count). The lowest BCUT2D eigenvalue weighted by molar-refractivity contribution is -0.122. The topological polar surface area (TPSA) is 78.1 Å². The first-order chi connectivity index (χ1) is 13.1. The molecule has 1 aliphatic heterocycles. The number of H-pyrrole nitrogens is 1. The SMILES string of the molecule is O=C(Nc1cccc(-c2ccn[nH]2)c1)C1CC(=O)N(c2cccc(Br)c2)C1. The number of amides is 2. The number of benzene rings is 2. The van der Waals surface area contributed by atoms with Crippen LogP contribution in [0.2, 0.25) is 0 Å². The summed E-state index contributed by atoms with van der Waals surface area (Å²) in [6.45, 7) is 0.376. The summed E-state index contributed by atoms with van der Waals surface area (Å²) in [6, 6.07) is 16.9. The van der Waals surface area contributed by atoms with Crippen molar-refractivity contribution in [2.24, 2.45) is 5.92 Å². The molecule has 0 saturated carbocycles. The third-order valence-electron chi connectivity index (χ3n) is 4.56. The van der Waals surface area contributed by atoms with Gasteiger partial charge in [-0.05, 0) is 36.4 Å². The molecule has 27 heavy (non-hydrogen) atoms. The molecule has 2 N–H and O–H groups in total. The van der Waals surface area contributed by atoms with E-state index in [4.69, 9.17) is 0 Å². The minimum Gasteiger partial charge on any atom is -0.326 e. The number of aromatic nitrogens is 2. The van der Waals surface area contributed by atoms with Gasteiger partial charge in [-0.3, -0.25) is 14.7 Å². The zero-order valence-corrected chi connectivity index (χ0v) is 15.9. The summed E-state index contributed by atoms with van der Waals surface area (Å²) >= 11 is 3.42. The van der Waals surface area contributed by atoms with Crippen LogP contribution in [-0.2, 0) is 9.59 Å². The number of nitrogens with one attached hydrogen (secondary N) is 2. The zero-order chi connectivity index (χ0) is 18.8. The van der Waals surface area contributed by atoms with Gasteiger partial charge in [0.25, 0.3) is 0 Å². The van der Waals surface area contributed by atoms with Crippen molar-refractivity contribution in [1.82, 2.24) is 10.2 Å². The molecule has 136 valence electrons. The van der Waals surface area contributed by atoms with E-state index in [-0.39, 0.29) is 24.2 Å². The van der Waals surface area contributed by atoms with E-state index in [1.165, 1.54) is 0 Å². The second-order valence-electron chi connectivity index (χ2n) is 6.43. The molecule has 2 amide bonds. The molecular weight excluding hydrogens is 408 g/mol. The van der Waals surface area contributed by atoms with Gasteiger partial charge in [-0.2, -0.15) is 5.10 Å². The maximum atomic E-state index is 12.7. The predicted octanol–water partition coefficient (Wildman–Crippen LogP) is 3.83. The molecule has 1 fully saturated rings.